The first-order chi connectivity index (χ1) is 9.45. The van der Waals surface area contributed by atoms with Crippen LogP contribution in [0.3, 0.4) is 0 Å². The van der Waals surface area contributed by atoms with Crippen molar-refractivity contribution in [2.75, 3.05) is 33.7 Å². The van der Waals surface area contributed by atoms with Crippen molar-refractivity contribution in [3.63, 3.8) is 0 Å². The number of hydrogen-bond acceptors (Lipinski definition) is 4. The van der Waals surface area contributed by atoms with E-state index in [4.69, 9.17) is 11.6 Å². The second kappa shape index (κ2) is 6.43. The van der Waals surface area contributed by atoms with Gasteiger partial charge in [-0.15, -0.1) is 11.6 Å². The van der Waals surface area contributed by atoms with E-state index < -0.39 is 10.0 Å². The Morgan fingerprint density at radius 3 is 2.65 bits per heavy atom. The molecule has 0 aromatic carbocycles. The highest BCUT2D eigenvalue weighted by Gasteiger charge is 2.32. The van der Waals surface area contributed by atoms with E-state index in [1.807, 2.05) is 14.1 Å². The maximum absolute atomic E-state index is 12.5. The van der Waals surface area contributed by atoms with Gasteiger partial charge in [0.25, 0.3) is 10.0 Å². The largest absolute Gasteiger partial charge is 0.309 e. The highest BCUT2D eigenvalue weighted by Crippen LogP contribution is 2.25. The third-order valence-corrected chi connectivity index (χ3v) is 5.82. The van der Waals surface area contributed by atoms with Crippen LogP contribution < -0.4 is 0 Å². The van der Waals surface area contributed by atoms with E-state index in [0.717, 1.165) is 19.4 Å². The number of alkyl halides is 1. The second-order valence-corrected chi connectivity index (χ2v) is 7.61. The molecule has 0 aliphatic carbocycles. The van der Waals surface area contributed by atoms with Crippen molar-refractivity contribution >= 4 is 21.6 Å². The molecule has 0 unspecified atom stereocenters. The summed E-state index contributed by atoms with van der Waals surface area (Å²) in [5, 5.41) is 6.49. The van der Waals surface area contributed by atoms with Crippen molar-refractivity contribution in [3.8, 4) is 0 Å². The summed E-state index contributed by atoms with van der Waals surface area (Å²) in [7, 11) is 0.588. The molecule has 0 amide bonds. The summed E-state index contributed by atoms with van der Waals surface area (Å²) in [6.45, 7) is 2.12. The lowest BCUT2D eigenvalue weighted by Gasteiger charge is -2.32. The Labute approximate surface area is 125 Å². The number of nitrogens with zero attached hydrogens (tertiary/aromatic N) is 3. The molecule has 2 rings (SSSR count). The normalized spacial score (nSPS) is 18.8. The minimum absolute atomic E-state index is 0.138. The van der Waals surface area contributed by atoms with Crippen molar-refractivity contribution in [1.82, 2.24) is 19.4 Å². The van der Waals surface area contributed by atoms with Gasteiger partial charge in [-0.05, 0) is 32.9 Å². The first kappa shape index (κ1) is 15.8. The Morgan fingerprint density at radius 2 is 2.10 bits per heavy atom. The maximum Gasteiger partial charge on any atom is 0.260 e. The third-order valence-electron chi connectivity index (χ3n) is 3.62. The number of H-pyrrole nitrogens is 1. The summed E-state index contributed by atoms with van der Waals surface area (Å²) in [6, 6.07) is 0. The Bertz CT molecular complexity index is 535. The smallest absolute Gasteiger partial charge is 0.260 e. The predicted molar refractivity (Wildman–Crippen MR) is 78.2 cm³/mol. The number of aromatic amines is 1. The van der Waals surface area contributed by atoms with Gasteiger partial charge in [-0.3, -0.25) is 5.10 Å². The number of sulfonamides is 1. The fourth-order valence-electron chi connectivity index (χ4n) is 2.60. The Balaban J connectivity index is 2.06. The van der Waals surface area contributed by atoms with Gasteiger partial charge in [0, 0.05) is 25.2 Å². The van der Waals surface area contributed by atoms with Crippen molar-refractivity contribution in [1.29, 1.82) is 0 Å². The minimum atomic E-state index is -3.50. The van der Waals surface area contributed by atoms with Crippen LogP contribution in [0.25, 0.3) is 0 Å². The first-order valence-electron chi connectivity index (χ1n) is 6.68. The highest BCUT2D eigenvalue weighted by atomic mass is 35.5. The number of hydrogen-bond donors (Lipinski definition) is 1. The van der Waals surface area contributed by atoms with Gasteiger partial charge >= 0.3 is 0 Å². The van der Waals surface area contributed by atoms with Crippen LogP contribution in [0.2, 0.25) is 0 Å². The van der Waals surface area contributed by atoms with Crippen molar-refractivity contribution in [2.45, 2.75) is 23.7 Å². The van der Waals surface area contributed by atoms with E-state index >= 15 is 0 Å². The van der Waals surface area contributed by atoms with Gasteiger partial charge in [-0.1, -0.05) is 0 Å². The zero-order chi connectivity index (χ0) is 14.8. The van der Waals surface area contributed by atoms with Crippen LogP contribution in [0, 0.1) is 5.92 Å². The summed E-state index contributed by atoms with van der Waals surface area (Å²) < 4.78 is 26.6. The fraction of sp³-hybridized carbons (Fsp3) is 0.750. The molecule has 1 aliphatic rings. The van der Waals surface area contributed by atoms with Crippen molar-refractivity contribution in [2.24, 2.45) is 5.92 Å². The second-order valence-electron chi connectivity index (χ2n) is 5.47. The van der Waals surface area contributed by atoms with Crippen LogP contribution in [0.5, 0.6) is 0 Å². The third kappa shape index (κ3) is 3.33. The topological polar surface area (TPSA) is 69.3 Å². The number of aromatic nitrogens is 2. The van der Waals surface area contributed by atoms with Crippen LogP contribution in [-0.4, -0.2) is 61.5 Å². The van der Waals surface area contributed by atoms with Crippen molar-refractivity contribution in [3.05, 3.63) is 11.8 Å². The summed E-state index contributed by atoms with van der Waals surface area (Å²) in [4.78, 5) is 2.15. The van der Waals surface area contributed by atoms with E-state index in [1.165, 1.54) is 10.5 Å². The molecule has 8 heteroatoms. The zero-order valence-electron chi connectivity index (χ0n) is 11.8. The van der Waals surface area contributed by atoms with E-state index in [1.54, 1.807) is 0 Å². The van der Waals surface area contributed by atoms with Crippen LogP contribution in [-0.2, 0) is 15.9 Å². The Morgan fingerprint density at radius 1 is 1.45 bits per heavy atom. The molecule has 0 saturated carbocycles. The molecular formula is C12H21ClN4O2S. The van der Waals surface area contributed by atoms with Gasteiger partial charge in [0.15, 0.2) is 5.03 Å². The van der Waals surface area contributed by atoms with Gasteiger partial charge in [0.2, 0.25) is 0 Å². The zero-order valence-corrected chi connectivity index (χ0v) is 13.4. The molecule has 0 atom stereocenters. The molecule has 1 fully saturated rings. The fourth-order valence-corrected chi connectivity index (χ4v) is 4.45. The molecule has 20 heavy (non-hydrogen) atoms. The number of halogens is 1. The highest BCUT2D eigenvalue weighted by molar-refractivity contribution is 7.89. The average Bonchev–Trinajstić information content (AvgIpc) is 2.87. The van der Waals surface area contributed by atoms with E-state index in [9.17, 15) is 8.42 Å². The van der Waals surface area contributed by atoms with E-state index in [0.29, 0.717) is 24.6 Å². The molecule has 114 valence electrons. The van der Waals surface area contributed by atoms with Gasteiger partial charge in [-0.2, -0.15) is 9.40 Å². The predicted octanol–water partition coefficient (Wildman–Crippen LogP) is 1.11. The molecule has 6 nitrogen and oxygen atoms in total. The summed E-state index contributed by atoms with van der Waals surface area (Å²) >= 11 is 5.75. The van der Waals surface area contributed by atoms with Gasteiger partial charge in [-0.25, -0.2) is 8.42 Å². The molecule has 2 heterocycles. The van der Waals surface area contributed by atoms with Gasteiger partial charge < -0.3 is 4.90 Å². The lowest BCUT2D eigenvalue weighted by atomic mass is 9.98. The number of piperidine rings is 1. The van der Waals surface area contributed by atoms with Gasteiger partial charge in [0.1, 0.15) is 0 Å². The summed E-state index contributed by atoms with van der Waals surface area (Å²) in [6.07, 6.45) is 3.25. The SMILES string of the molecule is CN(C)CC1CCN(S(=O)(=O)c2[nH]ncc2CCl)CC1. The Kier molecular flexibility index (Phi) is 5.06. The van der Waals surface area contributed by atoms with Crippen LogP contribution in [0.4, 0.5) is 0 Å². The molecule has 0 spiro atoms. The number of rotatable bonds is 5. The molecule has 1 aromatic rings. The van der Waals surface area contributed by atoms with Gasteiger partial charge in [0.05, 0.1) is 12.1 Å². The van der Waals surface area contributed by atoms with Crippen LogP contribution in [0.15, 0.2) is 11.2 Å². The molecule has 0 radical (unpaired) electrons. The molecule has 0 bridgehead atoms. The molecule has 1 N–H and O–H groups in total. The Hall–Kier alpha value is -0.630. The average molecular weight is 321 g/mol. The van der Waals surface area contributed by atoms with E-state index in [2.05, 4.69) is 15.1 Å². The first-order valence-corrected chi connectivity index (χ1v) is 8.65. The maximum atomic E-state index is 12.5. The van der Waals surface area contributed by atoms with E-state index in [-0.39, 0.29) is 10.9 Å². The molecule has 1 aliphatic heterocycles. The minimum Gasteiger partial charge on any atom is -0.309 e. The lowest BCUT2D eigenvalue weighted by molar-refractivity contribution is 0.224. The monoisotopic (exact) mass is 320 g/mol. The molecule has 1 saturated heterocycles. The quantitative estimate of drug-likeness (QED) is 0.825. The lowest BCUT2D eigenvalue weighted by Crippen LogP contribution is -2.40. The summed E-state index contributed by atoms with van der Waals surface area (Å²) in [5.74, 6) is 0.702. The van der Waals surface area contributed by atoms with Crippen LogP contribution >= 0.6 is 11.6 Å². The standard InChI is InChI=1S/C12H21ClN4O2S/c1-16(2)9-10-3-5-17(6-4-10)20(18,19)12-11(7-13)8-14-15-12/h8,10H,3-7,9H2,1-2H3,(H,14,15). The number of nitrogens with one attached hydrogen (secondary N) is 1. The molecular weight excluding hydrogens is 300 g/mol. The van der Waals surface area contributed by atoms with Crippen molar-refractivity contribution < 1.29 is 8.42 Å². The molecule has 1 aromatic heterocycles. The van der Waals surface area contributed by atoms with Crippen LogP contribution in [0.1, 0.15) is 18.4 Å². The summed E-state index contributed by atoms with van der Waals surface area (Å²) in [5.41, 5.74) is 0.530.